The molecule has 0 saturated carbocycles. The Balaban J connectivity index is 2.01. The van der Waals surface area contributed by atoms with Crippen molar-refractivity contribution in [2.75, 3.05) is 20.3 Å². The smallest absolute Gasteiger partial charge is 0.341 e. The van der Waals surface area contributed by atoms with Crippen LogP contribution in [0, 0.1) is 0 Å². The molecule has 0 bridgehead atoms. The molecule has 1 unspecified atom stereocenters. The number of hydrogen-bond acceptors (Lipinski definition) is 5. The molecule has 1 aromatic heterocycles. The maximum Gasteiger partial charge on any atom is 0.341 e. The number of hydrogen-bond donors (Lipinski definition) is 1. The fraction of sp³-hybridized carbons (Fsp3) is 0.333. The molecule has 0 fully saturated rings. The minimum absolute atomic E-state index is 0.308. The van der Waals surface area contributed by atoms with Gasteiger partial charge in [-0.2, -0.15) is 0 Å². The first kappa shape index (κ1) is 18.3. The van der Waals surface area contributed by atoms with Gasteiger partial charge < -0.3 is 23.9 Å². The molecule has 2 heterocycles. The molecule has 1 N–H and O–H groups in total. The topological polar surface area (TPSA) is 87.0 Å². The Kier molecular flexibility index (Phi) is 5.20. The van der Waals surface area contributed by atoms with E-state index in [1.54, 1.807) is 30.7 Å². The number of fused-ring (bicyclic) bond motifs is 3. The summed E-state index contributed by atoms with van der Waals surface area (Å²) < 4.78 is 18.1. The van der Waals surface area contributed by atoms with Crippen LogP contribution in [0.15, 0.2) is 29.2 Å². The van der Waals surface area contributed by atoms with Gasteiger partial charge in [0.15, 0.2) is 11.7 Å². The summed E-state index contributed by atoms with van der Waals surface area (Å²) in [5.74, 6) is -0.279. The number of ether oxygens (including phenoxy) is 3. The largest absolute Gasteiger partial charge is 0.492 e. The van der Waals surface area contributed by atoms with Gasteiger partial charge in [-0.25, -0.2) is 4.79 Å². The van der Waals surface area contributed by atoms with Gasteiger partial charge >= 0.3 is 5.97 Å². The van der Waals surface area contributed by atoms with E-state index in [1.165, 1.54) is 12.3 Å². The lowest BCUT2D eigenvalue weighted by Crippen LogP contribution is -2.25. The number of carboxylic acids is 1. The van der Waals surface area contributed by atoms with E-state index in [1.807, 2.05) is 0 Å². The summed E-state index contributed by atoms with van der Waals surface area (Å²) in [5, 5.41) is 9.52. The zero-order chi connectivity index (χ0) is 18.8. The van der Waals surface area contributed by atoms with Crippen LogP contribution >= 0.6 is 11.6 Å². The number of nitrogens with zero attached hydrogens (tertiary/aromatic N) is 1. The van der Waals surface area contributed by atoms with E-state index in [0.717, 1.165) is 6.42 Å². The van der Waals surface area contributed by atoms with Gasteiger partial charge in [-0.1, -0.05) is 11.6 Å². The summed E-state index contributed by atoms with van der Waals surface area (Å²) in [5.41, 5.74) is 0.268. The standard InChI is InChI=1S/C18H18ClNO6/c1-10-20-9-12(18(22)23)15(21)7-14(20)11-6-13(19)17(8-16(11)26-10)25-5-3-4-24-2/h6-10H,3-5H2,1-2H3,(H,22,23). The molecule has 1 atom stereocenters. The Hall–Kier alpha value is -2.51. The third-order valence-electron chi connectivity index (χ3n) is 4.06. The number of methoxy groups -OCH3 is 1. The number of pyridine rings is 1. The van der Waals surface area contributed by atoms with E-state index in [0.29, 0.717) is 41.0 Å². The average molecular weight is 380 g/mol. The maximum absolute atomic E-state index is 12.1. The molecular weight excluding hydrogens is 362 g/mol. The van der Waals surface area contributed by atoms with Crippen molar-refractivity contribution in [3.8, 4) is 22.8 Å². The van der Waals surface area contributed by atoms with E-state index < -0.39 is 17.6 Å². The molecule has 0 saturated heterocycles. The number of carbonyl (C=O) groups is 1. The molecule has 0 radical (unpaired) electrons. The number of benzene rings is 1. The van der Waals surface area contributed by atoms with E-state index in [2.05, 4.69) is 0 Å². The van der Waals surface area contributed by atoms with Crippen LogP contribution in [0.5, 0.6) is 11.5 Å². The monoisotopic (exact) mass is 379 g/mol. The van der Waals surface area contributed by atoms with Gasteiger partial charge in [0.25, 0.3) is 0 Å². The van der Waals surface area contributed by atoms with Crippen molar-refractivity contribution in [3.63, 3.8) is 0 Å². The molecule has 2 aromatic rings. The number of aromatic carboxylic acids is 1. The molecule has 138 valence electrons. The predicted molar refractivity (Wildman–Crippen MR) is 95.4 cm³/mol. The Labute approximate surface area is 154 Å². The highest BCUT2D eigenvalue weighted by molar-refractivity contribution is 6.32. The van der Waals surface area contributed by atoms with Gasteiger partial charge in [0.1, 0.15) is 17.1 Å². The van der Waals surface area contributed by atoms with Crippen LogP contribution in [0.3, 0.4) is 0 Å². The van der Waals surface area contributed by atoms with Crippen LogP contribution in [-0.2, 0) is 4.74 Å². The molecule has 1 aliphatic rings. The lowest BCUT2D eigenvalue weighted by molar-refractivity contribution is 0.0692. The molecule has 0 aliphatic carbocycles. The van der Waals surface area contributed by atoms with Crippen LogP contribution in [0.1, 0.15) is 29.9 Å². The highest BCUT2D eigenvalue weighted by Gasteiger charge is 2.26. The van der Waals surface area contributed by atoms with Crippen molar-refractivity contribution in [2.24, 2.45) is 0 Å². The van der Waals surface area contributed by atoms with Crippen molar-refractivity contribution >= 4 is 17.6 Å². The molecule has 3 rings (SSSR count). The number of rotatable bonds is 6. The lowest BCUT2D eigenvalue weighted by atomic mass is 10.1. The van der Waals surface area contributed by atoms with Crippen LogP contribution in [-0.4, -0.2) is 36.0 Å². The highest BCUT2D eigenvalue weighted by Crippen LogP contribution is 2.43. The van der Waals surface area contributed by atoms with Crippen molar-refractivity contribution < 1.29 is 24.1 Å². The summed E-state index contributed by atoms with van der Waals surface area (Å²) in [6.45, 7) is 2.79. The molecule has 0 spiro atoms. The van der Waals surface area contributed by atoms with E-state index in [-0.39, 0.29) is 5.56 Å². The fourth-order valence-corrected chi connectivity index (χ4v) is 3.01. The maximum atomic E-state index is 12.1. The van der Waals surface area contributed by atoms with Gasteiger partial charge in [0, 0.05) is 44.0 Å². The van der Waals surface area contributed by atoms with Crippen molar-refractivity contribution in [2.45, 2.75) is 19.6 Å². The van der Waals surface area contributed by atoms with Crippen molar-refractivity contribution in [1.29, 1.82) is 0 Å². The number of carboxylic acid groups (broad SMARTS) is 1. The number of aromatic nitrogens is 1. The summed E-state index contributed by atoms with van der Waals surface area (Å²) in [6, 6.07) is 4.62. The predicted octanol–water partition coefficient (Wildman–Crippen LogP) is 3.19. The molecule has 0 amide bonds. The Morgan fingerprint density at radius 1 is 1.35 bits per heavy atom. The Morgan fingerprint density at radius 2 is 2.12 bits per heavy atom. The van der Waals surface area contributed by atoms with Crippen molar-refractivity contribution in [3.05, 3.63) is 45.2 Å². The second-order valence-electron chi connectivity index (χ2n) is 5.84. The van der Waals surface area contributed by atoms with E-state index in [9.17, 15) is 9.59 Å². The molecule has 1 aliphatic heterocycles. The first-order valence-electron chi connectivity index (χ1n) is 8.04. The van der Waals surface area contributed by atoms with E-state index in [4.69, 9.17) is 30.9 Å². The summed E-state index contributed by atoms with van der Waals surface area (Å²) in [7, 11) is 1.62. The zero-order valence-electron chi connectivity index (χ0n) is 14.3. The molecule has 1 aromatic carbocycles. The van der Waals surface area contributed by atoms with Gasteiger partial charge in [-0.05, 0) is 13.0 Å². The average Bonchev–Trinajstić information content (AvgIpc) is 2.59. The Bertz CT molecular complexity index is 907. The van der Waals surface area contributed by atoms with E-state index >= 15 is 0 Å². The van der Waals surface area contributed by atoms with Gasteiger partial charge in [0.05, 0.1) is 17.3 Å². The first-order valence-corrected chi connectivity index (χ1v) is 8.42. The highest BCUT2D eigenvalue weighted by atomic mass is 35.5. The minimum Gasteiger partial charge on any atom is -0.492 e. The third kappa shape index (κ3) is 3.40. The molecular formula is C18H18ClNO6. The molecule has 8 heteroatoms. The van der Waals surface area contributed by atoms with Crippen LogP contribution in [0.25, 0.3) is 11.3 Å². The molecule has 7 nitrogen and oxygen atoms in total. The van der Waals surface area contributed by atoms with Crippen LogP contribution < -0.4 is 14.9 Å². The third-order valence-corrected chi connectivity index (χ3v) is 4.36. The molecule has 26 heavy (non-hydrogen) atoms. The SMILES string of the molecule is COCCCOc1cc2c(cc1Cl)-c1cc(=O)c(C(=O)O)cn1C(C)O2. The normalized spacial score (nSPS) is 15.0. The van der Waals surface area contributed by atoms with Crippen LogP contribution in [0.4, 0.5) is 0 Å². The first-order chi connectivity index (χ1) is 12.4. The van der Waals surface area contributed by atoms with Gasteiger partial charge in [-0.15, -0.1) is 0 Å². The summed E-state index contributed by atoms with van der Waals surface area (Å²) in [4.78, 5) is 23.3. The van der Waals surface area contributed by atoms with Gasteiger partial charge in [-0.3, -0.25) is 4.79 Å². The van der Waals surface area contributed by atoms with Gasteiger partial charge in [0.2, 0.25) is 0 Å². The second kappa shape index (κ2) is 7.39. The summed E-state index contributed by atoms with van der Waals surface area (Å²) >= 11 is 6.31. The Morgan fingerprint density at radius 3 is 2.81 bits per heavy atom. The summed E-state index contributed by atoms with van der Waals surface area (Å²) in [6.07, 6.45) is 1.52. The second-order valence-corrected chi connectivity index (χ2v) is 6.25. The quantitative estimate of drug-likeness (QED) is 0.775. The fourth-order valence-electron chi connectivity index (χ4n) is 2.80. The lowest BCUT2D eigenvalue weighted by Gasteiger charge is -2.29. The zero-order valence-corrected chi connectivity index (χ0v) is 15.1. The van der Waals surface area contributed by atoms with Crippen molar-refractivity contribution in [1.82, 2.24) is 4.57 Å². The van der Waals surface area contributed by atoms with Crippen LogP contribution in [0.2, 0.25) is 5.02 Å². The number of halogens is 1. The minimum atomic E-state index is -1.28.